The molecule has 1 aliphatic carbocycles. The van der Waals surface area contributed by atoms with Gasteiger partial charge in [0.1, 0.15) is 12.4 Å². The Morgan fingerprint density at radius 3 is 2.41 bits per heavy atom. The predicted octanol–water partition coefficient (Wildman–Crippen LogP) is 8.31. The lowest BCUT2D eigenvalue weighted by atomic mass is 9.85. The molecule has 4 aromatic rings. The molecule has 0 spiro atoms. The summed E-state index contributed by atoms with van der Waals surface area (Å²) in [5.41, 5.74) is 2.94. The molecule has 198 valence electrons. The first-order chi connectivity index (χ1) is 19.2. The molecule has 5 heteroatoms. The maximum Gasteiger partial charge on any atom is 0.262 e. The lowest BCUT2D eigenvalue weighted by molar-refractivity contribution is -0.129. The van der Waals surface area contributed by atoms with Crippen LogP contribution >= 0.6 is 11.8 Å². The summed E-state index contributed by atoms with van der Waals surface area (Å²) in [5, 5.41) is 5.86. The third-order valence-electron chi connectivity index (χ3n) is 7.87. The molecule has 0 aromatic heterocycles. The van der Waals surface area contributed by atoms with E-state index in [4.69, 9.17) is 4.74 Å². The number of hydrogen-bond donors (Lipinski definition) is 1. The summed E-state index contributed by atoms with van der Waals surface area (Å²) in [6, 6.07) is 33.1. The lowest BCUT2D eigenvalue weighted by Crippen LogP contribution is -2.48. The molecule has 1 amide bonds. The zero-order valence-corrected chi connectivity index (χ0v) is 23.1. The van der Waals surface area contributed by atoms with E-state index in [2.05, 4.69) is 65.7 Å². The summed E-state index contributed by atoms with van der Waals surface area (Å²) >= 11 is 1.61. The van der Waals surface area contributed by atoms with Gasteiger partial charge in [0.2, 0.25) is 0 Å². The van der Waals surface area contributed by atoms with Crippen molar-refractivity contribution in [3.05, 3.63) is 113 Å². The number of anilines is 1. The summed E-state index contributed by atoms with van der Waals surface area (Å²) in [6.07, 6.45) is 6.68. The average Bonchev–Trinajstić information content (AvgIpc) is 3.27. The van der Waals surface area contributed by atoms with Crippen molar-refractivity contribution in [1.82, 2.24) is 4.90 Å². The maximum atomic E-state index is 14.1. The highest BCUT2D eigenvalue weighted by atomic mass is 32.2. The molecule has 1 heterocycles. The van der Waals surface area contributed by atoms with Gasteiger partial charge in [-0.25, -0.2) is 0 Å². The summed E-state index contributed by atoms with van der Waals surface area (Å²) in [6.45, 7) is 2.77. The van der Waals surface area contributed by atoms with Gasteiger partial charge in [-0.05, 0) is 59.4 Å². The number of carbonyl (C=O) groups is 1. The fourth-order valence-electron chi connectivity index (χ4n) is 5.78. The Morgan fingerprint density at radius 1 is 0.897 bits per heavy atom. The fourth-order valence-corrected chi connectivity index (χ4v) is 6.98. The maximum absolute atomic E-state index is 14.1. The minimum Gasteiger partial charge on any atom is -0.488 e. The molecule has 0 bridgehead atoms. The van der Waals surface area contributed by atoms with Gasteiger partial charge >= 0.3 is 0 Å². The van der Waals surface area contributed by atoms with Crippen molar-refractivity contribution in [2.24, 2.45) is 5.92 Å². The lowest BCUT2D eigenvalue weighted by Gasteiger charge is -2.39. The van der Waals surface area contributed by atoms with E-state index in [0.717, 1.165) is 51.1 Å². The summed E-state index contributed by atoms with van der Waals surface area (Å²) in [5.74, 6) is 1.37. The molecule has 2 fully saturated rings. The highest BCUT2D eigenvalue weighted by Gasteiger charge is 2.43. The third-order valence-corrected chi connectivity index (χ3v) is 8.98. The van der Waals surface area contributed by atoms with Crippen molar-refractivity contribution in [2.75, 3.05) is 5.32 Å². The van der Waals surface area contributed by atoms with Crippen molar-refractivity contribution in [1.29, 1.82) is 0 Å². The Bertz CT molecular complexity index is 1470. The first kappa shape index (κ1) is 25.6. The van der Waals surface area contributed by atoms with E-state index in [1.807, 2.05) is 54.6 Å². The summed E-state index contributed by atoms with van der Waals surface area (Å²) in [7, 11) is 0. The molecular formula is C34H34N2O2S. The van der Waals surface area contributed by atoms with Crippen LogP contribution < -0.4 is 10.1 Å². The molecule has 4 nitrogen and oxygen atoms in total. The van der Waals surface area contributed by atoms with Gasteiger partial charge in [0.05, 0.1) is 4.91 Å². The Kier molecular flexibility index (Phi) is 7.60. The van der Waals surface area contributed by atoms with E-state index < -0.39 is 0 Å². The van der Waals surface area contributed by atoms with Crippen LogP contribution in [0.25, 0.3) is 16.8 Å². The number of rotatable bonds is 7. The van der Waals surface area contributed by atoms with Gasteiger partial charge in [-0.3, -0.25) is 4.79 Å². The monoisotopic (exact) mass is 534 g/mol. The Hall–Kier alpha value is -3.70. The van der Waals surface area contributed by atoms with Gasteiger partial charge in [-0.2, -0.15) is 0 Å². The van der Waals surface area contributed by atoms with Gasteiger partial charge in [0.25, 0.3) is 5.91 Å². The van der Waals surface area contributed by atoms with Gasteiger partial charge in [-0.15, -0.1) is 0 Å². The van der Waals surface area contributed by atoms with E-state index in [-0.39, 0.29) is 17.4 Å². The van der Waals surface area contributed by atoms with Crippen LogP contribution in [0.3, 0.4) is 0 Å². The number of ether oxygens (including phenoxy) is 1. The average molecular weight is 535 g/mol. The SMILES string of the molecule is C[C@@H]1CCCC[C@H]1N1C(=O)/C(=C/c2c(OCc3ccccc3)ccc3ccccc23)SC1Nc1ccccc1. The smallest absolute Gasteiger partial charge is 0.262 e. The molecule has 1 saturated heterocycles. The topological polar surface area (TPSA) is 41.6 Å². The van der Waals surface area contributed by atoms with E-state index in [1.54, 1.807) is 11.8 Å². The number of nitrogens with zero attached hydrogens (tertiary/aromatic N) is 1. The largest absolute Gasteiger partial charge is 0.488 e. The molecule has 0 radical (unpaired) electrons. The molecular weight excluding hydrogens is 500 g/mol. The number of amides is 1. The van der Waals surface area contributed by atoms with Crippen molar-refractivity contribution in [3.8, 4) is 5.75 Å². The van der Waals surface area contributed by atoms with Crippen LogP contribution in [-0.2, 0) is 11.4 Å². The highest BCUT2D eigenvalue weighted by Crippen LogP contribution is 2.43. The zero-order valence-electron chi connectivity index (χ0n) is 22.3. The van der Waals surface area contributed by atoms with E-state index in [9.17, 15) is 4.79 Å². The number of nitrogens with one attached hydrogen (secondary N) is 1. The zero-order chi connectivity index (χ0) is 26.6. The van der Waals surface area contributed by atoms with Crippen LogP contribution in [-0.4, -0.2) is 22.3 Å². The van der Waals surface area contributed by atoms with E-state index in [1.165, 1.54) is 12.8 Å². The molecule has 3 atom stereocenters. The number of fused-ring (bicyclic) bond motifs is 1. The molecule has 2 aliphatic rings. The van der Waals surface area contributed by atoms with Gasteiger partial charge in [0, 0.05) is 17.3 Å². The van der Waals surface area contributed by atoms with Gasteiger partial charge < -0.3 is 15.0 Å². The van der Waals surface area contributed by atoms with Crippen LogP contribution in [0.4, 0.5) is 5.69 Å². The second-order valence-corrected chi connectivity index (χ2v) is 11.6. The van der Waals surface area contributed by atoms with Crippen molar-refractivity contribution in [2.45, 2.75) is 50.8 Å². The number of para-hydroxylation sites is 1. The predicted molar refractivity (Wildman–Crippen MR) is 162 cm³/mol. The van der Waals surface area contributed by atoms with Crippen LogP contribution in [0.15, 0.2) is 102 Å². The van der Waals surface area contributed by atoms with Crippen LogP contribution in [0.2, 0.25) is 0 Å². The quantitative estimate of drug-likeness (QED) is 0.242. The van der Waals surface area contributed by atoms with E-state index >= 15 is 0 Å². The van der Waals surface area contributed by atoms with Crippen LogP contribution in [0, 0.1) is 5.92 Å². The third kappa shape index (κ3) is 5.55. The molecule has 1 saturated carbocycles. The van der Waals surface area contributed by atoms with Crippen molar-refractivity contribution >= 4 is 40.2 Å². The Morgan fingerprint density at radius 2 is 1.62 bits per heavy atom. The van der Waals surface area contributed by atoms with Crippen molar-refractivity contribution < 1.29 is 9.53 Å². The van der Waals surface area contributed by atoms with Crippen molar-refractivity contribution in [3.63, 3.8) is 0 Å². The Labute approximate surface area is 235 Å². The minimum atomic E-state index is -0.152. The number of benzene rings is 4. The van der Waals surface area contributed by atoms with Gasteiger partial charge in [-0.1, -0.05) is 110 Å². The standard InChI is InChI=1S/C34H34N2O2S/c1-24-12-8-11-19-30(24)36-33(37)32(39-34(36)35-27-16-6-3-7-17-27)22-29-28-18-10-9-15-26(28)20-21-31(29)38-23-25-13-4-2-5-14-25/h2-7,9-10,13-18,20-22,24,30,34-35H,8,11-12,19,23H2,1H3/b32-22-/t24-,30-,34?/m1/s1. The summed E-state index contributed by atoms with van der Waals surface area (Å²) in [4.78, 5) is 17.0. The highest BCUT2D eigenvalue weighted by molar-refractivity contribution is 8.05. The number of hydrogen-bond acceptors (Lipinski definition) is 4. The summed E-state index contributed by atoms with van der Waals surface area (Å²) < 4.78 is 6.37. The first-order valence-electron chi connectivity index (χ1n) is 13.9. The fraction of sp³-hybridized carbons (Fsp3) is 0.265. The van der Waals surface area contributed by atoms with Crippen LogP contribution in [0.1, 0.15) is 43.7 Å². The molecule has 39 heavy (non-hydrogen) atoms. The minimum absolute atomic E-state index is 0.106. The molecule has 1 N–H and O–H groups in total. The molecule has 6 rings (SSSR count). The van der Waals surface area contributed by atoms with E-state index in [0.29, 0.717) is 12.5 Å². The Balaban J connectivity index is 1.38. The number of thioether (sulfide) groups is 1. The number of carbonyl (C=O) groups excluding carboxylic acids is 1. The first-order valence-corrected chi connectivity index (χ1v) is 14.8. The van der Waals surface area contributed by atoms with Crippen LogP contribution in [0.5, 0.6) is 5.75 Å². The normalized spacial score (nSPS) is 22.4. The molecule has 1 aliphatic heterocycles. The van der Waals surface area contributed by atoms with Gasteiger partial charge in [0.15, 0.2) is 5.50 Å². The molecule has 1 unspecified atom stereocenters. The second-order valence-electron chi connectivity index (χ2n) is 10.5. The molecule has 4 aromatic carbocycles. The second kappa shape index (κ2) is 11.6.